The average molecular weight is 262 g/mol. The van der Waals surface area contributed by atoms with E-state index in [9.17, 15) is 0 Å². The maximum absolute atomic E-state index is 3.48. The van der Waals surface area contributed by atoms with Gasteiger partial charge in [0.1, 0.15) is 0 Å². The fourth-order valence-corrected chi connectivity index (χ4v) is 3.08. The first-order valence-electron chi connectivity index (χ1n) is 7.28. The highest BCUT2D eigenvalue weighted by Gasteiger charge is 2.17. The molecule has 0 saturated carbocycles. The third-order valence-corrected chi connectivity index (χ3v) is 3.61. The number of likely N-dealkylation sites (N-methyl/N-ethyl adjacent to an activating group) is 2. The van der Waals surface area contributed by atoms with Crippen molar-refractivity contribution < 1.29 is 0 Å². The van der Waals surface area contributed by atoms with E-state index in [2.05, 4.69) is 71.1 Å². The maximum Gasteiger partial charge on any atom is 0.0452 e. The van der Waals surface area contributed by atoms with Gasteiger partial charge in [-0.05, 0) is 57.5 Å². The largest absolute Gasteiger partial charge is 0.312 e. The van der Waals surface area contributed by atoms with Gasteiger partial charge >= 0.3 is 0 Å². The van der Waals surface area contributed by atoms with Crippen molar-refractivity contribution >= 4 is 0 Å². The molecule has 1 unspecified atom stereocenters. The van der Waals surface area contributed by atoms with E-state index in [0.717, 1.165) is 13.1 Å². The first kappa shape index (κ1) is 16.2. The zero-order valence-corrected chi connectivity index (χ0v) is 13.7. The SMILES string of the molecule is CNC(CN(C)CC(C)C)c1c(C)cc(C)cc1C. The molecule has 108 valence electrons. The van der Waals surface area contributed by atoms with Gasteiger partial charge in [-0.1, -0.05) is 31.5 Å². The topological polar surface area (TPSA) is 15.3 Å². The summed E-state index contributed by atoms with van der Waals surface area (Å²) in [5.41, 5.74) is 5.61. The lowest BCUT2D eigenvalue weighted by Gasteiger charge is -2.28. The lowest BCUT2D eigenvalue weighted by Crippen LogP contribution is -2.34. The Kier molecular flexibility index (Phi) is 6.02. The quantitative estimate of drug-likeness (QED) is 0.844. The van der Waals surface area contributed by atoms with Gasteiger partial charge in [-0.3, -0.25) is 0 Å². The first-order valence-corrected chi connectivity index (χ1v) is 7.28. The second-order valence-corrected chi connectivity index (χ2v) is 6.27. The fraction of sp³-hybridized carbons (Fsp3) is 0.647. The zero-order chi connectivity index (χ0) is 14.6. The Morgan fingerprint density at radius 3 is 2.00 bits per heavy atom. The van der Waals surface area contributed by atoms with Crippen LogP contribution in [0.25, 0.3) is 0 Å². The van der Waals surface area contributed by atoms with Crippen LogP contribution in [0.2, 0.25) is 0 Å². The average Bonchev–Trinajstić information content (AvgIpc) is 2.24. The molecule has 1 atom stereocenters. The van der Waals surface area contributed by atoms with E-state index in [4.69, 9.17) is 0 Å². The number of nitrogens with one attached hydrogen (secondary N) is 1. The Bertz CT molecular complexity index is 387. The number of hydrogen-bond acceptors (Lipinski definition) is 2. The lowest BCUT2D eigenvalue weighted by molar-refractivity contribution is 0.266. The molecule has 2 nitrogen and oxygen atoms in total. The summed E-state index contributed by atoms with van der Waals surface area (Å²) in [6.45, 7) is 13.4. The predicted molar refractivity (Wildman–Crippen MR) is 84.8 cm³/mol. The molecule has 0 amide bonds. The fourth-order valence-electron chi connectivity index (χ4n) is 3.08. The smallest absolute Gasteiger partial charge is 0.0452 e. The van der Waals surface area contributed by atoms with Crippen LogP contribution in [0.1, 0.15) is 42.1 Å². The monoisotopic (exact) mass is 262 g/mol. The van der Waals surface area contributed by atoms with Gasteiger partial charge in [-0.2, -0.15) is 0 Å². The van der Waals surface area contributed by atoms with Crippen molar-refractivity contribution in [3.05, 3.63) is 34.4 Å². The lowest BCUT2D eigenvalue weighted by atomic mass is 9.93. The minimum atomic E-state index is 0.407. The van der Waals surface area contributed by atoms with Crippen LogP contribution in [0.3, 0.4) is 0 Å². The van der Waals surface area contributed by atoms with Crippen LogP contribution < -0.4 is 5.32 Å². The minimum absolute atomic E-state index is 0.407. The highest BCUT2D eigenvalue weighted by molar-refractivity contribution is 5.39. The Morgan fingerprint density at radius 2 is 1.58 bits per heavy atom. The third-order valence-electron chi connectivity index (χ3n) is 3.61. The second kappa shape index (κ2) is 7.06. The van der Waals surface area contributed by atoms with Crippen molar-refractivity contribution in [2.45, 2.75) is 40.7 Å². The molecule has 1 N–H and O–H groups in total. The molecule has 1 aromatic carbocycles. The van der Waals surface area contributed by atoms with Crippen molar-refractivity contribution in [1.29, 1.82) is 0 Å². The summed E-state index contributed by atoms with van der Waals surface area (Å²) in [6, 6.07) is 4.98. The van der Waals surface area contributed by atoms with Crippen molar-refractivity contribution in [2.24, 2.45) is 5.92 Å². The van der Waals surface area contributed by atoms with Crippen molar-refractivity contribution in [2.75, 3.05) is 27.2 Å². The van der Waals surface area contributed by atoms with Gasteiger partial charge in [0.2, 0.25) is 0 Å². The Balaban J connectivity index is 2.91. The van der Waals surface area contributed by atoms with Crippen molar-refractivity contribution in [1.82, 2.24) is 10.2 Å². The van der Waals surface area contributed by atoms with Gasteiger partial charge < -0.3 is 10.2 Å². The van der Waals surface area contributed by atoms with Gasteiger partial charge in [0.15, 0.2) is 0 Å². The summed E-state index contributed by atoms with van der Waals surface area (Å²) in [7, 11) is 4.27. The van der Waals surface area contributed by atoms with Gasteiger partial charge in [0.05, 0.1) is 0 Å². The number of nitrogens with zero attached hydrogens (tertiary/aromatic N) is 1. The number of aryl methyl sites for hydroxylation is 3. The van der Waals surface area contributed by atoms with Crippen LogP contribution in [0.5, 0.6) is 0 Å². The summed E-state index contributed by atoms with van der Waals surface area (Å²) in [6.07, 6.45) is 0. The van der Waals surface area contributed by atoms with Crippen LogP contribution in [-0.2, 0) is 0 Å². The molecule has 1 rings (SSSR count). The van der Waals surface area contributed by atoms with E-state index >= 15 is 0 Å². The standard InChI is InChI=1S/C17H30N2/c1-12(2)10-19(7)11-16(18-6)17-14(4)8-13(3)9-15(17)5/h8-9,12,16,18H,10-11H2,1-7H3. The summed E-state index contributed by atoms with van der Waals surface area (Å²) >= 11 is 0. The maximum atomic E-state index is 3.48. The molecule has 0 aromatic heterocycles. The minimum Gasteiger partial charge on any atom is -0.312 e. The summed E-state index contributed by atoms with van der Waals surface area (Å²) < 4.78 is 0. The molecular formula is C17H30N2. The Morgan fingerprint density at radius 1 is 1.05 bits per heavy atom. The molecule has 1 aromatic rings. The van der Waals surface area contributed by atoms with E-state index < -0.39 is 0 Å². The van der Waals surface area contributed by atoms with Gasteiger partial charge in [0, 0.05) is 19.1 Å². The van der Waals surface area contributed by atoms with Crippen molar-refractivity contribution in [3.63, 3.8) is 0 Å². The van der Waals surface area contributed by atoms with Crippen LogP contribution in [0.4, 0.5) is 0 Å². The van der Waals surface area contributed by atoms with E-state index in [1.807, 2.05) is 0 Å². The van der Waals surface area contributed by atoms with Gasteiger partial charge in [0.25, 0.3) is 0 Å². The Hall–Kier alpha value is -0.860. The molecule has 19 heavy (non-hydrogen) atoms. The van der Waals surface area contributed by atoms with Gasteiger partial charge in [-0.15, -0.1) is 0 Å². The number of benzene rings is 1. The molecule has 0 radical (unpaired) electrons. The number of rotatable bonds is 6. The molecular weight excluding hydrogens is 232 g/mol. The summed E-state index contributed by atoms with van der Waals surface area (Å²) in [5, 5.41) is 3.48. The summed E-state index contributed by atoms with van der Waals surface area (Å²) in [4.78, 5) is 2.42. The molecule has 0 fully saturated rings. The van der Waals surface area contributed by atoms with Crippen LogP contribution in [0, 0.1) is 26.7 Å². The molecule has 2 heteroatoms. The molecule has 0 saturated heterocycles. The summed E-state index contributed by atoms with van der Waals surface area (Å²) in [5.74, 6) is 0.711. The van der Waals surface area contributed by atoms with E-state index in [0.29, 0.717) is 12.0 Å². The first-order chi connectivity index (χ1) is 8.85. The van der Waals surface area contributed by atoms with E-state index in [1.165, 1.54) is 22.3 Å². The molecule has 0 aliphatic carbocycles. The van der Waals surface area contributed by atoms with Gasteiger partial charge in [-0.25, -0.2) is 0 Å². The van der Waals surface area contributed by atoms with Crippen molar-refractivity contribution in [3.8, 4) is 0 Å². The Labute approximate surface area is 119 Å². The number of hydrogen-bond donors (Lipinski definition) is 1. The predicted octanol–water partition coefficient (Wildman–Crippen LogP) is 3.46. The third kappa shape index (κ3) is 4.63. The molecule has 0 bridgehead atoms. The molecule has 0 aliphatic heterocycles. The van der Waals surface area contributed by atoms with E-state index in [1.54, 1.807) is 0 Å². The molecule has 0 aliphatic rings. The van der Waals surface area contributed by atoms with Crippen LogP contribution in [0.15, 0.2) is 12.1 Å². The molecule has 0 spiro atoms. The normalized spacial score (nSPS) is 13.3. The van der Waals surface area contributed by atoms with Crippen LogP contribution >= 0.6 is 0 Å². The zero-order valence-electron chi connectivity index (χ0n) is 13.7. The van der Waals surface area contributed by atoms with E-state index in [-0.39, 0.29) is 0 Å². The highest BCUT2D eigenvalue weighted by Crippen LogP contribution is 2.24. The van der Waals surface area contributed by atoms with Crippen LogP contribution in [-0.4, -0.2) is 32.1 Å². The highest BCUT2D eigenvalue weighted by atomic mass is 15.1. The molecule has 0 heterocycles. The second-order valence-electron chi connectivity index (χ2n) is 6.27.